The molecule has 2 aromatic heterocycles. The highest BCUT2D eigenvalue weighted by molar-refractivity contribution is 5.97. The van der Waals surface area contributed by atoms with Crippen LogP contribution in [-0.2, 0) is 6.54 Å². The molecule has 0 amide bonds. The van der Waals surface area contributed by atoms with Crippen molar-refractivity contribution in [2.45, 2.75) is 34.2 Å². The third kappa shape index (κ3) is 2.48. The molecule has 0 bridgehead atoms. The number of aryl methyl sites for hydroxylation is 3. The van der Waals surface area contributed by atoms with Gasteiger partial charge in [-0.05, 0) is 33.3 Å². The first-order valence-corrected chi connectivity index (χ1v) is 6.31. The molecule has 0 aromatic carbocycles. The molecule has 0 radical (unpaired) electrons. The summed E-state index contributed by atoms with van der Waals surface area (Å²) in [5.74, 6) is 0.0721. The number of rotatable bonds is 3. The normalized spacial score (nSPS) is 10.4. The van der Waals surface area contributed by atoms with Crippen LogP contribution in [-0.4, -0.2) is 20.7 Å². The molecule has 21 heavy (non-hydrogen) atoms. The lowest BCUT2D eigenvalue weighted by Crippen LogP contribution is -2.30. The summed E-state index contributed by atoms with van der Waals surface area (Å²) in [5.41, 5.74) is 1.33. The summed E-state index contributed by atoms with van der Waals surface area (Å²) in [6.07, 6.45) is 0. The number of nitrogens with zero attached hydrogens (tertiary/aromatic N) is 4. The molecular formula is C14H14N4O3. The Labute approximate surface area is 120 Å². The van der Waals surface area contributed by atoms with Crippen LogP contribution in [0.25, 0.3) is 0 Å². The molecule has 7 nitrogen and oxygen atoms in total. The summed E-state index contributed by atoms with van der Waals surface area (Å²) in [6.45, 7) is 6.37. The lowest BCUT2D eigenvalue weighted by Gasteiger charge is -2.08. The molecule has 0 saturated heterocycles. The third-order valence-electron chi connectivity index (χ3n) is 3.35. The molecule has 0 fully saturated rings. The lowest BCUT2D eigenvalue weighted by molar-refractivity contribution is 0.0963. The average molecular weight is 286 g/mol. The molecule has 0 aliphatic heterocycles. The number of ketones is 1. The minimum absolute atomic E-state index is 0.00839. The maximum Gasteiger partial charge on any atom is 0.285 e. The Morgan fingerprint density at radius 1 is 1.29 bits per heavy atom. The van der Waals surface area contributed by atoms with Crippen LogP contribution in [0.5, 0.6) is 0 Å². The number of hydrogen-bond donors (Lipinski definition) is 0. The van der Waals surface area contributed by atoms with E-state index in [2.05, 4.69) is 10.3 Å². The van der Waals surface area contributed by atoms with Gasteiger partial charge in [-0.15, -0.1) is 0 Å². The Kier molecular flexibility index (Phi) is 3.72. The van der Waals surface area contributed by atoms with E-state index in [4.69, 9.17) is 9.78 Å². The van der Waals surface area contributed by atoms with Crippen LogP contribution < -0.4 is 5.56 Å². The van der Waals surface area contributed by atoms with E-state index in [9.17, 15) is 9.59 Å². The summed E-state index contributed by atoms with van der Waals surface area (Å²) in [7, 11) is 0. The standard InChI is InChI=1S/C14H14N4O3/c1-7-8(2)16-18(14(20)11(7)5-15)6-12(19)13-9(3)17-21-10(13)4/h6H2,1-4H3. The predicted molar refractivity (Wildman–Crippen MR) is 73.0 cm³/mol. The molecule has 0 N–H and O–H groups in total. The summed E-state index contributed by atoms with van der Waals surface area (Å²) in [4.78, 5) is 24.4. The predicted octanol–water partition coefficient (Wildman–Crippen LogP) is 1.22. The van der Waals surface area contributed by atoms with E-state index in [0.29, 0.717) is 28.3 Å². The van der Waals surface area contributed by atoms with Gasteiger partial charge >= 0.3 is 0 Å². The van der Waals surface area contributed by atoms with Crippen molar-refractivity contribution >= 4 is 5.78 Å². The highest BCUT2D eigenvalue weighted by Crippen LogP contribution is 2.13. The monoisotopic (exact) mass is 286 g/mol. The number of aromatic nitrogens is 3. The first-order chi connectivity index (χ1) is 9.86. The highest BCUT2D eigenvalue weighted by atomic mass is 16.5. The molecule has 2 heterocycles. The molecule has 2 aromatic rings. The first kappa shape index (κ1) is 14.7. The van der Waals surface area contributed by atoms with Gasteiger partial charge in [0.25, 0.3) is 5.56 Å². The van der Waals surface area contributed by atoms with Crippen molar-refractivity contribution in [3.8, 4) is 6.07 Å². The zero-order chi connectivity index (χ0) is 15.7. The van der Waals surface area contributed by atoms with Gasteiger partial charge in [0.1, 0.15) is 23.9 Å². The minimum Gasteiger partial charge on any atom is -0.361 e. The second kappa shape index (κ2) is 5.32. The average Bonchev–Trinajstić information content (AvgIpc) is 2.76. The van der Waals surface area contributed by atoms with Gasteiger partial charge < -0.3 is 4.52 Å². The molecule has 2 rings (SSSR count). The van der Waals surface area contributed by atoms with Gasteiger partial charge in [0.05, 0.1) is 17.0 Å². The Hall–Kier alpha value is -2.75. The van der Waals surface area contributed by atoms with Crippen LogP contribution in [0.2, 0.25) is 0 Å². The molecule has 7 heteroatoms. The summed E-state index contributed by atoms with van der Waals surface area (Å²) in [6, 6.07) is 1.86. The van der Waals surface area contributed by atoms with Gasteiger partial charge in [-0.3, -0.25) is 9.59 Å². The number of Topliss-reactive ketones (excluding diaryl/α,β-unsaturated/α-hetero) is 1. The van der Waals surface area contributed by atoms with Crippen molar-refractivity contribution < 1.29 is 9.32 Å². The second-order valence-corrected chi connectivity index (χ2v) is 4.78. The fraction of sp³-hybridized carbons (Fsp3) is 0.357. The number of nitriles is 1. The van der Waals surface area contributed by atoms with Gasteiger partial charge in [-0.25, -0.2) is 4.68 Å². The highest BCUT2D eigenvalue weighted by Gasteiger charge is 2.20. The van der Waals surface area contributed by atoms with Crippen LogP contribution in [0.1, 0.15) is 38.6 Å². The minimum atomic E-state index is -0.569. The smallest absolute Gasteiger partial charge is 0.285 e. The van der Waals surface area contributed by atoms with Crippen molar-refractivity contribution in [3.63, 3.8) is 0 Å². The van der Waals surface area contributed by atoms with E-state index in [0.717, 1.165) is 4.68 Å². The molecule has 0 saturated carbocycles. The molecule has 0 aliphatic rings. The zero-order valence-electron chi connectivity index (χ0n) is 12.2. The third-order valence-corrected chi connectivity index (χ3v) is 3.35. The molecule has 0 unspecified atom stereocenters. The summed E-state index contributed by atoms with van der Waals surface area (Å²) >= 11 is 0. The van der Waals surface area contributed by atoms with Gasteiger partial charge in [-0.1, -0.05) is 5.16 Å². The number of carbonyl (C=O) groups excluding carboxylic acids is 1. The van der Waals surface area contributed by atoms with Gasteiger partial charge in [0.2, 0.25) is 0 Å². The van der Waals surface area contributed by atoms with E-state index in [1.165, 1.54) is 0 Å². The van der Waals surface area contributed by atoms with Gasteiger partial charge in [-0.2, -0.15) is 10.4 Å². The van der Waals surface area contributed by atoms with Crippen molar-refractivity contribution in [1.29, 1.82) is 5.26 Å². The largest absolute Gasteiger partial charge is 0.361 e. The second-order valence-electron chi connectivity index (χ2n) is 4.78. The van der Waals surface area contributed by atoms with Crippen LogP contribution >= 0.6 is 0 Å². The van der Waals surface area contributed by atoms with Crippen molar-refractivity contribution in [3.05, 3.63) is 44.2 Å². The number of hydrogen-bond acceptors (Lipinski definition) is 6. The van der Waals surface area contributed by atoms with E-state index < -0.39 is 5.56 Å². The maximum absolute atomic E-state index is 12.3. The quantitative estimate of drug-likeness (QED) is 0.786. The fourth-order valence-corrected chi connectivity index (χ4v) is 2.11. The zero-order valence-corrected chi connectivity index (χ0v) is 12.2. The van der Waals surface area contributed by atoms with E-state index in [-0.39, 0.29) is 17.9 Å². The number of carbonyl (C=O) groups is 1. The van der Waals surface area contributed by atoms with E-state index in [1.54, 1.807) is 27.7 Å². The Morgan fingerprint density at radius 3 is 2.48 bits per heavy atom. The Morgan fingerprint density at radius 2 is 1.95 bits per heavy atom. The molecular weight excluding hydrogens is 272 g/mol. The lowest BCUT2D eigenvalue weighted by atomic mass is 10.1. The van der Waals surface area contributed by atoms with Crippen LogP contribution in [0, 0.1) is 39.0 Å². The van der Waals surface area contributed by atoms with Gasteiger partial charge in [0, 0.05) is 0 Å². The first-order valence-electron chi connectivity index (χ1n) is 6.31. The molecule has 0 spiro atoms. The van der Waals surface area contributed by atoms with Crippen molar-refractivity contribution in [2.75, 3.05) is 0 Å². The molecule has 0 atom stereocenters. The van der Waals surface area contributed by atoms with Crippen LogP contribution in [0.3, 0.4) is 0 Å². The Bertz CT molecular complexity index is 804. The summed E-state index contributed by atoms with van der Waals surface area (Å²) < 4.78 is 5.95. The van der Waals surface area contributed by atoms with Crippen molar-refractivity contribution in [2.24, 2.45) is 0 Å². The van der Waals surface area contributed by atoms with Crippen LogP contribution in [0.4, 0.5) is 0 Å². The maximum atomic E-state index is 12.3. The topological polar surface area (TPSA) is 102 Å². The Balaban J connectivity index is 2.47. The molecule has 108 valence electrons. The summed E-state index contributed by atoms with van der Waals surface area (Å²) in [5, 5.41) is 16.8. The van der Waals surface area contributed by atoms with Crippen molar-refractivity contribution in [1.82, 2.24) is 14.9 Å². The van der Waals surface area contributed by atoms with Gasteiger partial charge in [0.15, 0.2) is 5.78 Å². The fourth-order valence-electron chi connectivity index (χ4n) is 2.11. The van der Waals surface area contributed by atoms with E-state index >= 15 is 0 Å². The SMILES string of the molecule is Cc1nn(CC(=O)c2c(C)noc2C)c(=O)c(C#N)c1C. The van der Waals surface area contributed by atoms with E-state index in [1.807, 2.05) is 6.07 Å². The molecule has 0 aliphatic carbocycles. The van der Waals surface area contributed by atoms with Crippen LogP contribution in [0.15, 0.2) is 9.32 Å².